The molecule has 1 aliphatic heterocycles. The molecule has 0 atom stereocenters. The SMILES string of the molecule is CCN1C(=O)/C(=C\c2ccc(C(=O)O)cc2)SC1=Nc1ccc(C(=O)OC)cc1. The summed E-state index contributed by atoms with van der Waals surface area (Å²) in [5.41, 5.74) is 1.94. The smallest absolute Gasteiger partial charge is 0.337 e. The highest BCUT2D eigenvalue weighted by atomic mass is 32.2. The van der Waals surface area contributed by atoms with Crippen molar-refractivity contribution in [1.82, 2.24) is 4.90 Å². The summed E-state index contributed by atoms with van der Waals surface area (Å²) in [6.45, 7) is 2.32. The summed E-state index contributed by atoms with van der Waals surface area (Å²) in [4.78, 5) is 41.8. The van der Waals surface area contributed by atoms with Gasteiger partial charge in [0.15, 0.2) is 5.17 Å². The van der Waals surface area contributed by atoms with Crippen LogP contribution in [-0.4, -0.2) is 46.7 Å². The first-order valence-electron chi connectivity index (χ1n) is 8.74. The fourth-order valence-electron chi connectivity index (χ4n) is 2.64. The Morgan fingerprint density at radius 1 is 1.10 bits per heavy atom. The number of carbonyl (C=O) groups is 3. The molecular formula is C21H18N2O5S. The molecule has 1 saturated heterocycles. The van der Waals surface area contributed by atoms with Crippen molar-refractivity contribution in [3.8, 4) is 0 Å². The van der Waals surface area contributed by atoms with Crippen LogP contribution in [0.1, 0.15) is 33.2 Å². The van der Waals surface area contributed by atoms with E-state index in [0.29, 0.717) is 27.9 Å². The van der Waals surface area contributed by atoms with Crippen molar-refractivity contribution in [3.63, 3.8) is 0 Å². The molecule has 0 bridgehead atoms. The maximum Gasteiger partial charge on any atom is 0.337 e. The van der Waals surface area contributed by atoms with Crippen LogP contribution in [0.2, 0.25) is 0 Å². The third kappa shape index (κ3) is 4.55. The first-order chi connectivity index (χ1) is 13.9. The van der Waals surface area contributed by atoms with E-state index in [9.17, 15) is 14.4 Å². The van der Waals surface area contributed by atoms with Crippen molar-refractivity contribution in [3.05, 3.63) is 70.1 Å². The molecule has 1 fully saturated rings. The van der Waals surface area contributed by atoms with E-state index in [1.54, 1.807) is 47.4 Å². The predicted octanol–water partition coefficient (Wildman–Crippen LogP) is 3.80. The zero-order chi connectivity index (χ0) is 21.0. The largest absolute Gasteiger partial charge is 0.478 e. The van der Waals surface area contributed by atoms with Gasteiger partial charge in [-0.25, -0.2) is 14.6 Å². The Kier molecular flexibility index (Phi) is 6.13. The normalized spacial score (nSPS) is 16.5. The minimum Gasteiger partial charge on any atom is -0.478 e. The molecule has 1 amide bonds. The number of carboxylic acids is 1. The number of likely N-dealkylation sites (N-methyl/N-ethyl adjacent to an activating group) is 1. The fourth-order valence-corrected chi connectivity index (χ4v) is 3.71. The molecule has 1 aliphatic rings. The predicted molar refractivity (Wildman–Crippen MR) is 111 cm³/mol. The van der Waals surface area contributed by atoms with Crippen LogP contribution in [0.15, 0.2) is 58.4 Å². The van der Waals surface area contributed by atoms with Gasteiger partial charge in [-0.05, 0) is 66.7 Å². The average Bonchev–Trinajstić information content (AvgIpc) is 3.02. The Morgan fingerprint density at radius 2 is 1.72 bits per heavy atom. The van der Waals surface area contributed by atoms with Gasteiger partial charge in [-0.15, -0.1) is 0 Å². The van der Waals surface area contributed by atoms with Gasteiger partial charge in [-0.1, -0.05) is 12.1 Å². The van der Waals surface area contributed by atoms with Crippen molar-refractivity contribution in [1.29, 1.82) is 0 Å². The topological polar surface area (TPSA) is 96.3 Å². The molecule has 0 spiro atoms. The second-order valence-electron chi connectivity index (χ2n) is 6.02. The fraction of sp³-hybridized carbons (Fsp3) is 0.143. The number of hydrogen-bond donors (Lipinski definition) is 1. The van der Waals surface area contributed by atoms with Gasteiger partial charge in [0.05, 0.1) is 28.8 Å². The Hall–Kier alpha value is -3.39. The molecule has 3 rings (SSSR count). The number of thioether (sulfide) groups is 1. The van der Waals surface area contributed by atoms with Crippen molar-refractivity contribution >= 4 is 46.5 Å². The number of amidine groups is 1. The summed E-state index contributed by atoms with van der Waals surface area (Å²) in [5.74, 6) is -1.59. The van der Waals surface area contributed by atoms with E-state index in [0.717, 1.165) is 5.56 Å². The molecule has 2 aromatic carbocycles. The number of ether oxygens (including phenoxy) is 1. The molecule has 0 radical (unpaired) electrons. The average molecular weight is 410 g/mol. The summed E-state index contributed by atoms with van der Waals surface area (Å²) in [6, 6.07) is 12.9. The number of carboxylic acid groups (broad SMARTS) is 1. The van der Waals surface area contributed by atoms with Crippen LogP contribution in [0, 0.1) is 0 Å². The number of esters is 1. The number of aliphatic imine (C=N–C) groups is 1. The lowest BCUT2D eigenvalue weighted by Crippen LogP contribution is -2.28. The van der Waals surface area contributed by atoms with Crippen molar-refractivity contribution < 1.29 is 24.2 Å². The van der Waals surface area contributed by atoms with Crippen LogP contribution < -0.4 is 0 Å². The van der Waals surface area contributed by atoms with E-state index in [4.69, 9.17) is 5.11 Å². The molecule has 0 unspecified atom stereocenters. The lowest BCUT2D eigenvalue weighted by Gasteiger charge is -2.12. The Morgan fingerprint density at radius 3 is 2.28 bits per heavy atom. The van der Waals surface area contributed by atoms with Gasteiger partial charge in [-0.2, -0.15) is 0 Å². The van der Waals surface area contributed by atoms with Gasteiger partial charge in [-0.3, -0.25) is 9.69 Å². The molecular weight excluding hydrogens is 392 g/mol. The quantitative estimate of drug-likeness (QED) is 0.595. The van der Waals surface area contributed by atoms with E-state index in [-0.39, 0.29) is 11.5 Å². The molecule has 0 aromatic heterocycles. The molecule has 29 heavy (non-hydrogen) atoms. The van der Waals surface area contributed by atoms with E-state index < -0.39 is 11.9 Å². The number of hydrogen-bond acceptors (Lipinski definition) is 6. The van der Waals surface area contributed by atoms with Gasteiger partial charge in [0.2, 0.25) is 0 Å². The minimum atomic E-state index is -1.000. The third-order valence-corrected chi connectivity index (χ3v) is 5.18. The third-order valence-electron chi connectivity index (χ3n) is 4.17. The van der Waals surface area contributed by atoms with Crippen LogP contribution in [0.5, 0.6) is 0 Å². The lowest BCUT2D eigenvalue weighted by atomic mass is 10.1. The van der Waals surface area contributed by atoms with Crippen LogP contribution in [0.3, 0.4) is 0 Å². The number of nitrogens with zero attached hydrogens (tertiary/aromatic N) is 2. The highest BCUT2D eigenvalue weighted by Crippen LogP contribution is 2.34. The molecule has 1 N–H and O–H groups in total. The van der Waals surface area contributed by atoms with E-state index in [1.807, 2.05) is 6.92 Å². The maximum atomic E-state index is 12.7. The number of aromatic carboxylic acids is 1. The van der Waals surface area contributed by atoms with Crippen LogP contribution >= 0.6 is 11.8 Å². The highest BCUT2D eigenvalue weighted by molar-refractivity contribution is 8.18. The van der Waals surface area contributed by atoms with Gasteiger partial charge in [0, 0.05) is 6.54 Å². The number of methoxy groups -OCH3 is 1. The van der Waals surface area contributed by atoms with Gasteiger partial charge < -0.3 is 9.84 Å². The molecule has 0 aliphatic carbocycles. The van der Waals surface area contributed by atoms with Crippen LogP contribution in [0.4, 0.5) is 5.69 Å². The zero-order valence-corrected chi connectivity index (χ0v) is 16.6. The van der Waals surface area contributed by atoms with E-state index in [2.05, 4.69) is 9.73 Å². The molecule has 148 valence electrons. The lowest BCUT2D eigenvalue weighted by molar-refractivity contribution is -0.122. The molecule has 1 heterocycles. The number of rotatable bonds is 5. The van der Waals surface area contributed by atoms with Crippen molar-refractivity contribution in [2.45, 2.75) is 6.92 Å². The summed E-state index contributed by atoms with van der Waals surface area (Å²) in [5, 5.41) is 9.52. The number of amides is 1. The van der Waals surface area contributed by atoms with E-state index in [1.165, 1.54) is 31.0 Å². The molecule has 2 aromatic rings. The maximum absolute atomic E-state index is 12.7. The van der Waals surface area contributed by atoms with E-state index >= 15 is 0 Å². The first-order valence-corrected chi connectivity index (χ1v) is 9.56. The Labute approximate surface area is 171 Å². The zero-order valence-electron chi connectivity index (χ0n) is 15.8. The van der Waals surface area contributed by atoms with Crippen LogP contribution in [0.25, 0.3) is 6.08 Å². The second-order valence-corrected chi connectivity index (χ2v) is 7.03. The van der Waals surface area contributed by atoms with Crippen molar-refractivity contribution in [2.75, 3.05) is 13.7 Å². The van der Waals surface area contributed by atoms with Crippen molar-refractivity contribution in [2.24, 2.45) is 4.99 Å². The monoisotopic (exact) mass is 410 g/mol. The molecule has 7 nitrogen and oxygen atoms in total. The second kappa shape index (κ2) is 8.74. The minimum absolute atomic E-state index is 0.162. The summed E-state index contributed by atoms with van der Waals surface area (Å²) < 4.78 is 4.68. The van der Waals surface area contributed by atoms with Crippen LogP contribution in [-0.2, 0) is 9.53 Å². The summed E-state index contributed by atoms with van der Waals surface area (Å²) in [7, 11) is 1.32. The highest BCUT2D eigenvalue weighted by Gasteiger charge is 2.32. The number of carbonyl (C=O) groups excluding carboxylic acids is 2. The number of benzene rings is 2. The molecule has 0 saturated carbocycles. The molecule has 8 heteroatoms. The summed E-state index contributed by atoms with van der Waals surface area (Å²) in [6.07, 6.45) is 1.71. The Balaban J connectivity index is 1.85. The Bertz CT molecular complexity index is 1010. The first kappa shape index (κ1) is 20.3. The standard InChI is InChI=1S/C21H18N2O5S/c1-3-23-18(24)17(12-13-4-6-14(7-5-13)19(25)26)29-21(23)22-16-10-8-15(9-11-16)20(27)28-2/h4-12H,3H2,1-2H3,(H,25,26)/b17-12+,22-21?. The van der Waals surface area contributed by atoms with Gasteiger partial charge in [0.1, 0.15) is 0 Å². The summed E-state index contributed by atoms with van der Waals surface area (Å²) >= 11 is 1.25. The van der Waals surface area contributed by atoms with Gasteiger partial charge in [0.25, 0.3) is 5.91 Å². The van der Waals surface area contributed by atoms with Gasteiger partial charge >= 0.3 is 11.9 Å².